The number of nitrogens with zero attached hydrogens (tertiary/aromatic N) is 2. The maximum absolute atomic E-state index is 12.7. The number of hydrogen-bond donors (Lipinski definition) is 0. The van der Waals surface area contributed by atoms with Crippen LogP contribution in [0.5, 0.6) is 0 Å². The fourth-order valence-electron chi connectivity index (χ4n) is 1.55. The maximum atomic E-state index is 12.7. The van der Waals surface area contributed by atoms with Crippen molar-refractivity contribution < 1.29 is 9.18 Å². The van der Waals surface area contributed by atoms with E-state index in [0.717, 1.165) is 19.2 Å². The van der Waals surface area contributed by atoms with Crippen LogP contribution in [0, 0.1) is 11.7 Å². The molecule has 0 unspecified atom stereocenters. The summed E-state index contributed by atoms with van der Waals surface area (Å²) in [7, 11) is 2.01. The average molecular weight is 252 g/mol. The van der Waals surface area contributed by atoms with Crippen LogP contribution in [0.3, 0.4) is 0 Å². The van der Waals surface area contributed by atoms with Gasteiger partial charge in [0.15, 0.2) is 5.78 Å². The van der Waals surface area contributed by atoms with Crippen molar-refractivity contribution in [3.63, 3.8) is 0 Å². The van der Waals surface area contributed by atoms with Crippen molar-refractivity contribution in [1.29, 1.82) is 0 Å². The molecule has 0 N–H and O–H groups in total. The van der Waals surface area contributed by atoms with Gasteiger partial charge < -0.3 is 4.90 Å². The molecule has 18 heavy (non-hydrogen) atoms. The standard InChI is InChI=1S/C14H21FN2O/c1-11(2)6-8-17(3)9-7-14(18)13-5-4-12(15)10-16-13/h4-5,10-11H,6-9H2,1-3H3. The van der Waals surface area contributed by atoms with E-state index in [9.17, 15) is 9.18 Å². The molecule has 0 aliphatic carbocycles. The van der Waals surface area contributed by atoms with Gasteiger partial charge in [-0.2, -0.15) is 0 Å². The van der Waals surface area contributed by atoms with Gasteiger partial charge in [-0.05, 0) is 38.1 Å². The van der Waals surface area contributed by atoms with Crippen LogP contribution < -0.4 is 0 Å². The van der Waals surface area contributed by atoms with Crippen molar-refractivity contribution >= 4 is 5.78 Å². The van der Waals surface area contributed by atoms with E-state index in [4.69, 9.17) is 0 Å². The van der Waals surface area contributed by atoms with Crippen LogP contribution in [0.25, 0.3) is 0 Å². The highest BCUT2D eigenvalue weighted by atomic mass is 19.1. The zero-order valence-electron chi connectivity index (χ0n) is 11.3. The first-order valence-corrected chi connectivity index (χ1v) is 6.32. The van der Waals surface area contributed by atoms with Crippen molar-refractivity contribution in [3.8, 4) is 0 Å². The van der Waals surface area contributed by atoms with E-state index < -0.39 is 5.82 Å². The molecule has 1 aromatic heterocycles. The molecule has 0 saturated carbocycles. The third kappa shape index (κ3) is 5.36. The zero-order chi connectivity index (χ0) is 13.5. The van der Waals surface area contributed by atoms with Crippen molar-refractivity contribution in [2.45, 2.75) is 26.7 Å². The smallest absolute Gasteiger partial charge is 0.182 e. The van der Waals surface area contributed by atoms with Crippen molar-refractivity contribution in [3.05, 3.63) is 29.8 Å². The molecule has 3 nitrogen and oxygen atoms in total. The molecule has 0 amide bonds. The second-order valence-electron chi connectivity index (χ2n) is 5.02. The van der Waals surface area contributed by atoms with E-state index >= 15 is 0 Å². The Hall–Kier alpha value is -1.29. The number of carbonyl (C=O) groups excluding carboxylic acids is 1. The topological polar surface area (TPSA) is 33.2 Å². The van der Waals surface area contributed by atoms with Crippen molar-refractivity contribution in [2.24, 2.45) is 5.92 Å². The number of carbonyl (C=O) groups is 1. The minimum Gasteiger partial charge on any atom is -0.306 e. The molecule has 1 aromatic rings. The van der Waals surface area contributed by atoms with E-state index in [1.54, 1.807) is 0 Å². The molecular weight excluding hydrogens is 231 g/mol. The Balaban J connectivity index is 2.34. The highest BCUT2D eigenvalue weighted by Crippen LogP contribution is 2.04. The first-order valence-electron chi connectivity index (χ1n) is 6.32. The lowest BCUT2D eigenvalue weighted by Gasteiger charge is -2.17. The summed E-state index contributed by atoms with van der Waals surface area (Å²) in [5, 5.41) is 0. The van der Waals surface area contributed by atoms with E-state index in [1.807, 2.05) is 7.05 Å². The summed E-state index contributed by atoms with van der Waals surface area (Å²) in [5.74, 6) is 0.217. The van der Waals surface area contributed by atoms with Crippen LogP contribution in [-0.2, 0) is 0 Å². The molecule has 0 fully saturated rings. The molecule has 100 valence electrons. The van der Waals surface area contributed by atoms with Gasteiger partial charge in [-0.1, -0.05) is 13.8 Å². The van der Waals surface area contributed by atoms with E-state index in [-0.39, 0.29) is 5.78 Å². The lowest BCUT2D eigenvalue weighted by Crippen LogP contribution is -2.24. The van der Waals surface area contributed by atoms with E-state index in [0.29, 0.717) is 24.6 Å². The highest BCUT2D eigenvalue weighted by Gasteiger charge is 2.09. The van der Waals surface area contributed by atoms with Crippen LogP contribution in [0.1, 0.15) is 37.2 Å². The van der Waals surface area contributed by atoms with Gasteiger partial charge in [-0.15, -0.1) is 0 Å². The quantitative estimate of drug-likeness (QED) is 0.700. The average Bonchev–Trinajstić information content (AvgIpc) is 2.34. The molecule has 0 aliphatic rings. The van der Waals surface area contributed by atoms with Crippen LogP contribution in [0.4, 0.5) is 4.39 Å². The number of Topliss-reactive ketones (excluding diaryl/α,β-unsaturated/α-hetero) is 1. The van der Waals surface area contributed by atoms with E-state index in [1.165, 1.54) is 12.1 Å². The SMILES string of the molecule is CC(C)CCN(C)CCC(=O)c1ccc(F)cn1. The van der Waals surface area contributed by atoms with Gasteiger partial charge in [0.1, 0.15) is 11.5 Å². The number of pyridine rings is 1. The summed E-state index contributed by atoms with van der Waals surface area (Å²) in [6, 6.07) is 2.70. The molecule has 1 heterocycles. The number of rotatable bonds is 7. The van der Waals surface area contributed by atoms with Crippen LogP contribution in [0.15, 0.2) is 18.3 Å². The number of ketones is 1. The third-order valence-corrected chi connectivity index (χ3v) is 2.82. The Labute approximate surface area is 108 Å². The minimum atomic E-state index is -0.416. The van der Waals surface area contributed by atoms with Crippen LogP contribution in [0.2, 0.25) is 0 Å². The molecule has 0 aromatic carbocycles. The summed E-state index contributed by atoms with van der Waals surface area (Å²) in [4.78, 5) is 17.7. The van der Waals surface area contributed by atoms with Gasteiger partial charge in [0.25, 0.3) is 0 Å². The van der Waals surface area contributed by atoms with Gasteiger partial charge >= 0.3 is 0 Å². The van der Waals surface area contributed by atoms with Gasteiger partial charge in [0.2, 0.25) is 0 Å². The van der Waals surface area contributed by atoms with Gasteiger partial charge in [0.05, 0.1) is 6.20 Å². The predicted molar refractivity (Wildman–Crippen MR) is 70.1 cm³/mol. The number of halogens is 1. The fourth-order valence-corrected chi connectivity index (χ4v) is 1.55. The maximum Gasteiger partial charge on any atom is 0.182 e. The molecule has 0 spiro atoms. The molecule has 0 aliphatic heterocycles. The minimum absolute atomic E-state index is 0.0357. The summed E-state index contributed by atoms with van der Waals surface area (Å²) < 4.78 is 12.7. The summed E-state index contributed by atoms with van der Waals surface area (Å²) >= 11 is 0. The monoisotopic (exact) mass is 252 g/mol. The zero-order valence-corrected chi connectivity index (χ0v) is 11.3. The molecular formula is C14H21FN2O. The first kappa shape index (κ1) is 14.8. The third-order valence-electron chi connectivity index (χ3n) is 2.82. The Morgan fingerprint density at radius 3 is 2.67 bits per heavy atom. The van der Waals surface area contributed by atoms with Crippen molar-refractivity contribution in [2.75, 3.05) is 20.1 Å². The lowest BCUT2D eigenvalue weighted by molar-refractivity contribution is 0.0963. The van der Waals surface area contributed by atoms with Gasteiger partial charge in [-0.25, -0.2) is 4.39 Å². The Morgan fingerprint density at radius 1 is 1.39 bits per heavy atom. The van der Waals surface area contributed by atoms with Crippen LogP contribution in [-0.4, -0.2) is 35.8 Å². The first-order chi connectivity index (χ1) is 8.49. The number of hydrogen-bond acceptors (Lipinski definition) is 3. The summed E-state index contributed by atoms with van der Waals surface area (Å²) in [6.45, 7) is 6.06. The second kappa shape index (κ2) is 7.21. The Morgan fingerprint density at radius 2 is 2.11 bits per heavy atom. The Bertz CT molecular complexity index is 376. The molecule has 0 atom stereocenters. The lowest BCUT2D eigenvalue weighted by atomic mass is 10.1. The second-order valence-corrected chi connectivity index (χ2v) is 5.02. The van der Waals surface area contributed by atoms with Gasteiger partial charge in [0, 0.05) is 13.0 Å². The molecule has 1 rings (SSSR count). The molecule has 0 saturated heterocycles. The summed E-state index contributed by atoms with van der Waals surface area (Å²) in [5.41, 5.74) is 0.341. The van der Waals surface area contributed by atoms with E-state index in [2.05, 4.69) is 23.7 Å². The van der Waals surface area contributed by atoms with Crippen molar-refractivity contribution in [1.82, 2.24) is 9.88 Å². The molecule has 4 heteroatoms. The largest absolute Gasteiger partial charge is 0.306 e. The number of aromatic nitrogens is 1. The molecule has 0 radical (unpaired) electrons. The van der Waals surface area contributed by atoms with Gasteiger partial charge in [-0.3, -0.25) is 9.78 Å². The highest BCUT2D eigenvalue weighted by molar-refractivity contribution is 5.94. The summed E-state index contributed by atoms with van der Waals surface area (Å²) in [6.07, 6.45) is 2.63. The fraction of sp³-hybridized carbons (Fsp3) is 0.571. The Kier molecular flexibility index (Phi) is 5.92. The molecule has 0 bridgehead atoms. The van der Waals surface area contributed by atoms with Crippen LogP contribution >= 0.6 is 0 Å². The normalized spacial score (nSPS) is 11.2. The predicted octanol–water partition coefficient (Wildman–Crippen LogP) is 2.77.